The van der Waals surface area contributed by atoms with Gasteiger partial charge in [0, 0.05) is 36.1 Å². The molecule has 1 atom stereocenters. The lowest BCUT2D eigenvalue weighted by atomic mass is 10.0. The van der Waals surface area contributed by atoms with Crippen LogP contribution in [0.4, 0.5) is 5.69 Å². The molecule has 1 amide bonds. The first-order valence-corrected chi connectivity index (χ1v) is 8.50. The van der Waals surface area contributed by atoms with Gasteiger partial charge in [0.25, 0.3) is 5.91 Å². The summed E-state index contributed by atoms with van der Waals surface area (Å²) >= 11 is 6.95. The van der Waals surface area contributed by atoms with E-state index < -0.39 is 5.00 Å². The predicted octanol–water partition coefficient (Wildman–Crippen LogP) is 3.94. The van der Waals surface area contributed by atoms with Gasteiger partial charge >= 0.3 is 0 Å². The van der Waals surface area contributed by atoms with Crippen LogP contribution >= 0.6 is 11.6 Å². The second kappa shape index (κ2) is 5.70. The van der Waals surface area contributed by atoms with Crippen LogP contribution in [0.3, 0.4) is 0 Å². The molecule has 0 saturated carbocycles. The molecule has 1 aromatic carbocycles. The first-order valence-electron chi connectivity index (χ1n) is 8.12. The number of hydrogen-bond acceptors (Lipinski definition) is 3. The Morgan fingerprint density at radius 1 is 1.20 bits per heavy atom. The van der Waals surface area contributed by atoms with Crippen LogP contribution in [0.1, 0.15) is 29.3 Å². The predicted molar refractivity (Wildman–Crippen MR) is 97.5 cm³/mol. The Morgan fingerprint density at radius 2 is 2.00 bits per heavy atom. The summed E-state index contributed by atoms with van der Waals surface area (Å²) in [5, 5.41) is 4.19. The highest BCUT2D eigenvalue weighted by atomic mass is 35.5. The number of amides is 1. The summed E-state index contributed by atoms with van der Waals surface area (Å²) in [7, 11) is 1.87. The molecule has 3 heterocycles. The lowest BCUT2D eigenvalue weighted by Gasteiger charge is -2.32. The Kier molecular flexibility index (Phi) is 3.62. The van der Waals surface area contributed by atoms with Gasteiger partial charge in [0.05, 0.1) is 17.6 Å². The Labute approximate surface area is 150 Å². The zero-order valence-electron chi connectivity index (χ0n) is 14.0. The zero-order valence-corrected chi connectivity index (χ0v) is 14.7. The van der Waals surface area contributed by atoms with Crippen molar-refractivity contribution >= 4 is 23.2 Å². The van der Waals surface area contributed by atoms with Crippen molar-refractivity contribution in [2.24, 2.45) is 7.05 Å². The van der Waals surface area contributed by atoms with Gasteiger partial charge in [-0.3, -0.25) is 19.4 Å². The van der Waals surface area contributed by atoms with Crippen molar-refractivity contribution in [3.63, 3.8) is 0 Å². The van der Waals surface area contributed by atoms with Crippen LogP contribution < -0.4 is 4.90 Å². The molecule has 0 radical (unpaired) electrons. The molecule has 5 nitrogen and oxygen atoms in total. The fourth-order valence-electron chi connectivity index (χ4n) is 3.42. The molecule has 0 saturated heterocycles. The average molecular weight is 353 g/mol. The van der Waals surface area contributed by atoms with Crippen molar-refractivity contribution in [1.29, 1.82) is 0 Å². The molecule has 25 heavy (non-hydrogen) atoms. The standard InChI is InChI=1S/C19H17ClN4O/c1-3-19(20)16-7-5-4-6-15(16)18(25)24(19)14-10-13(11-21-12-14)17-8-9-22-23(17)2/h4-12H,3H2,1-2H3. The largest absolute Gasteiger partial charge is 0.283 e. The number of halogens is 1. The van der Waals surface area contributed by atoms with Crippen molar-refractivity contribution in [3.8, 4) is 11.3 Å². The molecular weight excluding hydrogens is 336 g/mol. The molecule has 1 aliphatic heterocycles. The Balaban J connectivity index is 1.85. The maximum atomic E-state index is 13.0. The molecule has 2 aromatic heterocycles. The number of alkyl halides is 1. The Bertz CT molecular complexity index is 967. The number of rotatable bonds is 3. The molecular formula is C19H17ClN4O. The number of anilines is 1. The van der Waals surface area contributed by atoms with Crippen LogP contribution in [0.15, 0.2) is 55.0 Å². The quantitative estimate of drug-likeness (QED) is 0.530. The minimum absolute atomic E-state index is 0.101. The minimum atomic E-state index is -0.902. The fraction of sp³-hybridized carbons (Fsp3) is 0.211. The van der Waals surface area contributed by atoms with E-state index in [-0.39, 0.29) is 5.91 Å². The number of hydrogen-bond donors (Lipinski definition) is 0. The smallest absolute Gasteiger partial charge is 0.260 e. The summed E-state index contributed by atoms with van der Waals surface area (Å²) in [4.78, 5) is 18.1. The van der Waals surface area contributed by atoms with Crippen molar-refractivity contribution < 1.29 is 4.79 Å². The van der Waals surface area contributed by atoms with Crippen LogP contribution in [-0.2, 0) is 12.0 Å². The number of carbonyl (C=O) groups excluding carboxylic acids is 1. The molecule has 3 aromatic rings. The first kappa shape index (κ1) is 15.8. The van der Waals surface area contributed by atoms with Crippen LogP contribution in [0.2, 0.25) is 0 Å². The van der Waals surface area contributed by atoms with E-state index in [1.54, 1.807) is 28.2 Å². The van der Waals surface area contributed by atoms with E-state index in [1.807, 2.05) is 50.4 Å². The van der Waals surface area contributed by atoms with Gasteiger partial charge in [0.15, 0.2) is 0 Å². The van der Waals surface area contributed by atoms with Crippen LogP contribution in [0.5, 0.6) is 0 Å². The molecule has 126 valence electrons. The summed E-state index contributed by atoms with van der Waals surface area (Å²) < 4.78 is 1.77. The second-order valence-corrected chi connectivity index (χ2v) is 6.70. The lowest BCUT2D eigenvalue weighted by molar-refractivity contribution is 0.0986. The monoisotopic (exact) mass is 352 g/mol. The van der Waals surface area contributed by atoms with Crippen LogP contribution in [0, 0.1) is 0 Å². The van der Waals surface area contributed by atoms with E-state index in [4.69, 9.17) is 11.6 Å². The minimum Gasteiger partial charge on any atom is -0.283 e. The third kappa shape index (κ3) is 2.27. The van der Waals surface area contributed by atoms with Gasteiger partial charge in [-0.2, -0.15) is 5.10 Å². The van der Waals surface area contributed by atoms with Gasteiger partial charge in [-0.25, -0.2) is 0 Å². The van der Waals surface area contributed by atoms with E-state index in [0.29, 0.717) is 17.7 Å². The van der Waals surface area contributed by atoms with Gasteiger partial charge in [-0.05, 0) is 24.6 Å². The molecule has 0 N–H and O–H groups in total. The summed E-state index contributed by atoms with van der Waals surface area (Å²) in [5.41, 5.74) is 3.98. The van der Waals surface area contributed by atoms with Gasteiger partial charge in [0.1, 0.15) is 5.00 Å². The number of benzene rings is 1. The van der Waals surface area contributed by atoms with Gasteiger partial charge in [-0.1, -0.05) is 36.7 Å². The van der Waals surface area contributed by atoms with E-state index >= 15 is 0 Å². The normalized spacial score (nSPS) is 19.3. The number of carbonyl (C=O) groups is 1. The van der Waals surface area contributed by atoms with Crippen molar-refractivity contribution in [2.75, 3.05) is 4.90 Å². The van der Waals surface area contributed by atoms with Crippen molar-refractivity contribution in [2.45, 2.75) is 18.3 Å². The highest BCUT2D eigenvalue weighted by molar-refractivity contribution is 6.32. The van der Waals surface area contributed by atoms with Gasteiger partial charge in [0.2, 0.25) is 0 Å². The topological polar surface area (TPSA) is 51.0 Å². The summed E-state index contributed by atoms with van der Waals surface area (Å²) in [6.45, 7) is 1.98. The fourth-order valence-corrected chi connectivity index (χ4v) is 3.76. The third-order valence-electron chi connectivity index (χ3n) is 4.69. The molecule has 1 aliphatic rings. The number of aryl methyl sites for hydroxylation is 1. The average Bonchev–Trinajstić information content (AvgIpc) is 3.16. The summed E-state index contributed by atoms with van der Waals surface area (Å²) in [6.07, 6.45) is 5.76. The van der Waals surface area contributed by atoms with Crippen LogP contribution in [-0.4, -0.2) is 20.7 Å². The molecule has 0 bridgehead atoms. The van der Waals surface area contributed by atoms with Gasteiger partial charge < -0.3 is 0 Å². The lowest BCUT2D eigenvalue weighted by Crippen LogP contribution is -2.39. The summed E-state index contributed by atoms with van der Waals surface area (Å²) in [5.74, 6) is -0.101. The number of nitrogens with zero attached hydrogens (tertiary/aromatic N) is 4. The molecule has 0 spiro atoms. The molecule has 1 unspecified atom stereocenters. The molecule has 0 aliphatic carbocycles. The summed E-state index contributed by atoms with van der Waals surface area (Å²) in [6, 6.07) is 11.4. The Hall–Kier alpha value is -2.66. The zero-order chi connectivity index (χ0) is 17.6. The Morgan fingerprint density at radius 3 is 2.72 bits per heavy atom. The van der Waals surface area contributed by atoms with E-state index in [9.17, 15) is 4.79 Å². The second-order valence-electron chi connectivity index (χ2n) is 6.07. The number of fused-ring (bicyclic) bond motifs is 1. The molecule has 4 rings (SSSR count). The van der Waals surface area contributed by atoms with Gasteiger partial charge in [-0.15, -0.1) is 0 Å². The maximum Gasteiger partial charge on any atom is 0.260 e. The third-order valence-corrected chi connectivity index (χ3v) is 5.33. The number of pyridine rings is 1. The van der Waals surface area contributed by atoms with E-state index in [2.05, 4.69) is 10.1 Å². The van der Waals surface area contributed by atoms with E-state index in [0.717, 1.165) is 16.8 Å². The molecule has 0 fully saturated rings. The maximum absolute atomic E-state index is 13.0. The SMILES string of the molecule is CCC1(Cl)c2ccccc2C(=O)N1c1cncc(-c2ccnn2C)c1. The molecule has 6 heteroatoms. The first-order chi connectivity index (χ1) is 12.1. The van der Waals surface area contributed by atoms with E-state index in [1.165, 1.54) is 0 Å². The highest BCUT2D eigenvalue weighted by Crippen LogP contribution is 2.47. The van der Waals surface area contributed by atoms with Crippen LogP contribution in [0.25, 0.3) is 11.3 Å². The van der Waals surface area contributed by atoms with Crippen molar-refractivity contribution in [3.05, 3.63) is 66.1 Å². The highest BCUT2D eigenvalue weighted by Gasteiger charge is 2.48. The van der Waals surface area contributed by atoms with Crippen molar-refractivity contribution in [1.82, 2.24) is 14.8 Å². The number of aromatic nitrogens is 3.